The van der Waals surface area contributed by atoms with Crippen molar-refractivity contribution in [2.75, 3.05) is 13.1 Å². The summed E-state index contributed by atoms with van der Waals surface area (Å²) in [5.74, 6) is -0.159. The van der Waals surface area contributed by atoms with Gasteiger partial charge in [-0.1, -0.05) is 29.7 Å². The molecule has 0 bridgehead atoms. The second-order valence-electron chi connectivity index (χ2n) is 2.06. The van der Waals surface area contributed by atoms with Crippen LogP contribution in [0.3, 0.4) is 0 Å². The van der Waals surface area contributed by atoms with Crippen LogP contribution in [0.4, 0.5) is 0 Å². The van der Waals surface area contributed by atoms with E-state index in [9.17, 15) is 10.0 Å². The van der Waals surface area contributed by atoms with E-state index in [1.165, 1.54) is 6.92 Å². The summed E-state index contributed by atoms with van der Waals surface area (Å²) in [4.78, 5) is 9.64. The zero-order valence-corrected chi connectivity index (χ0v) is 12.3. The Hall–Kier alpha value is -0.365. The second-order valence-corrected chi connectivity index (χ2v) is 3.18. The molecule has 0 radical (unpaired) electrons. The number of hydrogen-bond acceptors (Lipinski definition) is 5. The third kappa shape index (κ3) is 19.2. The van der Waals surface area contributed by atoms with Crippen molar-refractivity contribution in [2.24, 2.45) is 0 Å². The zero-order chi connectivity index (χ0) is 9.56. The molecule has 1 rings (SSSR count). The normalized spacial score (nSPS) is 11.0. The number of carbonyl (C=O) groups excluding carboxylic acids is 1. The molecule has 0 saturated carbocycles. The minimum absolute atomic E-state index is 0. The average molecular weight is 426 g/mol. The Balaban J connectivity index is -0.0000000419. The van der Waals surface area contributed by atoms with Crippen molar-refractivity contribution in [1.82, 2.24) is 5.06 Å². The summed E-state index contributed by atoms with van der Waals surface area (Å²) in [5, 5.41) is 19.4. The van der Waals surface area contributed by atoms with E-state index in [-0.39, 0.29) is 62.3 Å². The van der Waals surface area contributed by atoms with Crippen LogP contribution in [0.2, 0.25) is 0 Å². The maximum atomic E-state index is 10.1. The zero-order valence-electron chi connectivity index (χ0n) is 6.77. The number of hydroxylamine groups is 3. The molecular formula is C9H25HgN2O4. The van der Waals surface area contributed by atoms with E-state index in [4.69, 9.17) is 5.21 Å². The van der Waals surface area contributed by atoms with Crippen LogP contribution in [0.1, 0.15) is 36.6 Å². The van der Waals surface area contributed by atoms with Gasteiger partial charge < -0.3 is 5.21 Å². The maximum absolute atomic E-state index is 10.1. The quantitative estimate of drug-likeness (QED) is 0.364. The van der Waals surface area contributed by atoms with Crippen molar-refractivity contribution in [3.63, 3.8) is 0 Å². The van der Waals surface area contributed by atoms with Crippen LogP contribution in [-0.4, -0.2) is 40.4 Å². The summed E-state index contributed by atoms with van der Waals surface area (Å²) in [7, 11) is 0. The molecule has 7 heteroatoms. The van der Waals surface area contributed by atoms with Crippen molar-refractivity contribution in [3.8, 4) is 0 Å². The molecule has 1 N–H and O–H groups in total. The van der Waals surface area contributed by atoms with Crippen LogP contribution in [0.25, 0.3) is 0 Å². The monoisotopic (exact) mass is 427 g/mol. The Bertz CT molecular complexity index is 188. The van der Waals surface area contributed by atoms with Gasteiger partial charge in [-0.3, -0.25) is 4.74 Å². The summed E-state index contributed by atoms with van der Waals surface area (Å²) < 4.78 is 4.99. The fourth-order valence-electron chi connectivity index (χ4n) is 0.465. The van der Waals surface area contributed by atoms with Gasteiger partial charge in [-0.2, -0.15) is 0 Å². The molecule has 0 aromatic carbocycles. The van der Waals surface area contributed by atoms with Crippen LogP contribution in [0, 0.1) is 5.21 Å². The Morgan fingerprint density at radius 3 is 1.94 bits per heavy atom. The predicted molar refractivity (Wildman–Crippen MR) is 61.7 cm³/mol. The van der Waals surface area contributed by atoms with Gasteiger partial charge in [0.15, 0.2) is 6.54 Å². The Morgan fingerprint density at radius 1 is 1.50 bits per heavy atom. The van der Waals surface area contributed by atoms with Crippen molar-refractivity contribution in [3.05, 3.63) is 5.21 Å². The SMILES string of the molecule is C.C.C.C.CC(=O)[O][Hg].[O-][N+]1=CN(O)CC1. The van der Waals surface area contributed by atoms with E-state index in [0.29, 0.717) is 17.8 Å². The molecule has 0 atom stereocenters. The molecule has 1 aliphatic heterocycles. The number of nitrogens with zero attached hydrogens (tertiary/aromatic N) is 2. The summed E-state index contributed by atoms with van der Waals surface area (Å²) in [6.45, 7) is 2.20. The van der Waals surface area contributed by atoms with Crippen molar-refractivity contribution in [1.29, 1.82) is 0 Å². The van der Waals surface area contributed by atoms with Gasteiger partial charge in [0.2, 0.25) is 0 Å². The maximum Gasteiger partial charge on any atom is 0.267 e. The van der Waals surface area contributed by atoms with Crippen molar-refractivity contribution >= 4 is 12.3 Å². The van der Waals surface area contributed by atoms with Crippen LogP contribution >= 0.6 is 0 Å². The fourth-order valence-corrected chi connectivity index (χ4v) is 0.465. The first kappa shape index (κ1) is 29.6. The molecule has 0 fully saturated rings. The Kier molecular flexibility index (Phi) is 31.5. The van der Waals surface area contributed by atoms with Crippen molar-refractivity contribution < 1.29 is 44.0 Å². The smallest absolute Gasteiger partial charge is 0.267 e. The first-order valence-corrected chi connectivity index (χ1v) is 5.47. The van der Waals surface area contributed by atoms with E-state index in [0.717, 1.165) is 11.4 Å². The third-order valence-corrected chi connectivity index (χ3v) is 2.60. The number of rotatable bonds is 0. The topological polar surface area (TPSA) is 75.8 Å². The van der Waals surface area contributed by atoms with Crippen LogP contribution in [0.15, 0.2) is 0 Å². The standard InChI is InChI=1S/C3H6N2O2.C2H4O2.4CH4.Hg/c6-4-1-2-5(7)3-4;1-2(3)4;;;;;/h3,6H,1-2H2;1H3,(H,3,4);4*1H4;/q;;;;;;+1/p-1. The first-order chi connectivity index (χ1) is 5.56. The minimum Gasteiger partial charge on any atom is -0.715 e. The van der Waals surface area contributed by atoms with Gasteiger partial charge in [-0.15, -0.1) is 5.06 Å². The van der Waals surface area contributed by atoms with Crippen LogP contribution in [0.5, 0.6) is 0 Å². The molecule has 0 amide bonds. The first-order valence-electron chi connectivity index (χ1n) is 3.23. The summed E-state index contributed by atoms with van der Waals surface area (Å²) in [6.07, 6.45) is 1.11. The third-order valence-electron chi connectivity index (χ3n) is 1.01. The Labute approximate surface area is 116 Å². The number of carbonyl (C=O) groups is 1. The summed E-state index contributed by atoms with van der Waals surface area (Å²) >= 11 is 0.194. The van der Waals surface area contributed by atoms with E-state index in [2.05, 4.69) is 2.64 Å². The molecule has 1 heterocycles. The molecule has 97 valence electrons. The van der Waals surface area contributed by atoms with E-state index in [1.54, 1.807) is 0 Å². The minimum atomic E-state index is -0.159. The van der Waals surface area contributed by atoms with Gasteiger partial charge in [0.25, 0.3) is 6.34 Å². The molecule has 0 aromatic heterocycles. The molecule has 1 aliphatic rings. The second kappa shape index (κ2) is 17.0. The Morgan fingerprint density at radius 2 is 1.88 bits per heavy atom. The van der Waals surface area contributed by atoms with Crippen LogP contribution in [-0.2, 0) is 34.0 Å². The van der Waals surface area contributed by atoms with E-state index in [1.807, 2.05) is 0 Å². The van der Waals surface area contributed by atoms with Gasteiger partial charge in [0, 0.05) is 0 Å². The van der Waals surface area contributed by atoms with Gasteiger partial charge >= 0.3 is 46.9 Å². The fraction of sp³-hybridized carbons (Fsp3) is 0.778. The van der Waals surface area contributed by atoms with Gasteiger partial charge in [-0.05, 0) is 0 Å². The molecule has 6 nitrogen and oxygen atoms in total. The van der Waals surface area contributed by atoms with Gasteiger partial charge in [0.05, 0.1) is 0 Å². The summed E-state index contributed by atoms with van der Waals surface area (Å²) in [6, 6.07) is 0. The molecule has 0 aliphatic carbocycles. The van der Waals surface area contributed by atoms with Gasteiger partial charge in [0.1, 0.15) is 6.54 Å². The average Bonchev–Trinajstić information content (AvgIpc) is 2.36. The molecular weight excluding hydrogens is 401 g/mol. The predicted octanol–water partition coefficient (Wildman–Crippen LogP) is 1.79. The molecule has 0 spiro atoms. The van der Waals surface area contributed by atoms with Gasteiger partial charge in [-0.25, -0.2) is 5.21 Å². The molecule has 16 heavy (non-hydrogen) atoms. The van der Waals surface area contributed by atoms with Crippen molar-refractivity contribution in [2.45, 2.75) is 36.6 Å². The van der Waals surface area contributed by atoms with E-state index >= 15 is 0 Å². The number of hydrogen-bond donors (Lipinski definition) is 1. The largest absolute Gasteiger partial charge is 0.715 e. The molecule has 0 saturated heterocycles. The molecule has 0 unspecified atom stereocenters. The van der Waals surface area contributed by atoms with E-state index < -0.39 is 0 Å². The van der Waals surface area contributed by atoms with Crippen LogP contribution < -0.4 is 0 Å². The summed E-state index contributed by atoms with van der Waals surface area (Å²) in [5.41, 5.74) is 0. The molecule has 0 aromatic rings.